The van der Waals surface area contributed by atoms with E-state index in [0.29, 0.717) is 5.75 Å². The highest BCUT2D eigenvalue weighted by Gasteiger charge is 1.94. The van der Waals surface area contributed by atoms with E-state index < -0.39 is 5.09 Å². The van der Waals surface area contributed by atoms with Gasteiger partial charge in [-0.15, -0.1) is 10.1 Å². The largest absolute Gasteiger partial charge is 0.492 e. The van der Waals surface area contributed by atoms with Crippen molar-refractivity contribution >= 4 is 0 Å². The Morgan fingerprint density at radius 2 is 1.92 bits per heavy atom. The van der Waals surface area contributed by atoms with Crippen molar-refractivity contribution in [2.24, 2.45) is 0 Å². The van der Waals surface area contributed by atoms with Gasteiger partial charge >= 0.3 is 0 Å². The Morgan fingerprint density at radius 1 is 1.23 bits per heavy atom. The van der Waals surface area contributed by atoms with Gasteiger partial charge in [-0.3, -0.25) is 0 Å². The summed E-state index contributed by atoms with van der Waals surface area (Å²) in [5.74, 6) is 0.675. The molecule has 0 aliphatic heterocycles. The third-order valence-electron chi connectivity index (χ3n) is 1.29. The molecular weight excluding hydrogens is 174 g/mol. The van der Waals surface area contributed by atoms with Gasteiger partial charge in [-0.1, -0.05) is 18.2 Å². The minimum absolute atomic E-state index is 0.0537. The van der Waals surface area contributed by atoms with Crippen molar-refractivity contribution in [1.82, 2.24) is 0 Å². The Labute approximate surface area is 75.0 Å². The van der Waals surface area contributed by atoms with Crippen molar-refractivity contribution in [3.05, 3.63) is 40.4 Å². The average molecular weight is 183 g/mol. The smallest absolute Gasteiger partial charge is 0.294 e. The molecule has 1 aromatic rings. The summed E-state index contributed by atoms with van der Waals surface area (Å²) >= 11 is 0. The molecule has 13 heavy (non-hydrogen) atoms. The van der Waals surface area contributed by atoms with Gasteiger partial charge in [0.15, 0.2) is 0 Å². The SMILES string of the molecule is O=[N+]([O-])OCCOc1ccccc1. The second-order valence-electron chi connectivity index (χ2n) is 2.22. The molecule has 70 valence electrons. The van der Waals surface area contributed by atoms with Crippen molar-refractivity contribution in [1.29, 1.82) is 0 Å². The number of benzene rings is 1. The highest BCUT2D eigenvalue weighted by atomic mass is 17.0. The van der Waals surface area contributed by atoms with Crippen LogP contribution >= 0.6 is 0 Å². The molecule has 0 aliphatic rings. The van der Waals surface area contributed by atoms with Crippen molar-refractivity contribution in [2.75, 3.05) is 13.2 Å². The molecule has 1 rings (SSSR count). The van der Waals surface area contributed by atoms with Crippen LogP contribution in [0.2, 0.25) is 0 Å². The molecule has 0 N–H and O–H groups in total. The van der Waals surface area contributed by atoms with E-state index in [4.69, 9.17) is 4.74 Å². The minimum atomic E-state index is -0.839. The second kappa shape index (κ2) is 4.97. The molecule has 5 heteroatoms. The summed E-state index contributed by atoms with van der Waals surface area (Å²) in [6.45, 7) is 0.118. The van der Waals surface area contributed by atoms with Gasteiger partial charge in [-0.05, 0) is 12.1 Å². The number of hydrogen-bond donors (Lipinski definition) is 0. The highest BCUT2D eigenvalue weighted by Crippen LogP contribution is 2.07. The molecule has 0 aromatic heterocycles. The van der Waals surface area contributed by atoms with Gasteiger partial charge < -0.3 is 9.57 Å². The molecule has 0 bridgehead atoms. The van der Waals surface area contributed by atoms with E-state index in [9.17, 15) is 10.1 Å². The lowest BCUT2D eigenvalue weighted by atomic mass is 10.3. The summed E-state index contributed by atoms with van der Waals surface area (Å²) in [6, 6.07) is 9.05. The molecule has 0 fully saturated rings. The zero-order chi connectivity index (χ0) is 9.52. The molecule has 0 aliphatic carbocycles. The fraction of sp³-hybridized carbons (Fsp3) is 0.250. The third-order valence-corrected chi connectivity index (χ3v) is 1.29. The van der Waals surface area contributed by atoms with Gasteiger partial charge in [0.05, 0.1) is 0 Å². The topological polar surface area (TPSA) is 61.6 Å². The number of para-hydroxylation sites is 1. The summed E-state index contributed by atoms with van der Waals surface area (Å²) in [6.07, 6.45) is 0. The zero-order valence-electron chi connectivity index (χ0n) is 6.88. The predicted molar refractivity (Wildman–Crippen MR) is 44.9 cm³/mol. The number of nitrogens with zero attached hydrogens (tertiary/aromatic N) is 1. The van der Waals surface area contributed by atoms with E-state index in [1.54, 1.807) is 12.1 Å². The molecule has 0 amide bonds. The summed E-state index contributed by atoms with van der Waals surface area (Å²) < 4.78 is 5.13. The number of rotatable bonds is 5. The van der Waals surface area contributed by atoms with E-state index in [0.717, 1.165) is 0 Å². The van der Waals surface area contributed by atoms with Crippen LogP contribution in [0.5, 0.6) is 5.75 Å². The van der Waals surface area contributed by atoms with Crippen LogP contribution in [0.15, 0.2) is 30.3 Å². The molecule has 0 unspecified atom stereocenters. The lowest BCUT2D eigenvalue weighted by molar-refractivity contribution is -0.757. The molecular formula is C8H9NO4. The number of ether oxygens (including phenoxy) is 1. The van der Waals surface area contributed by atoms with Crippen LogP contribution in [0.25, 0.3) is 0 Å². The summed E-state index contributed by atoms with van der Waals surface area (Å²) in [5, 5.41) is 8.90. The molecule has 0 saturated carbocycles. The molecule has 5 nitrogen and oxygen atoms in total. The second-order valence-corrected chi connectivity index (χ2v) is 2.22. The van der Waals surface area contributed by atoms with Crippen molar-refractivity contribution < 1.29 is 14.7 Å². The molecule has 0 saturated heterocycles. The first kappa shape index (κ1) is 9.31. The molecule has 0 heterocycles. The molecule has 0 atom stereocenters. The van der Waals surface area contributed by atoms with Crippen LogP contribution in [0, 0.1) is 10.1 Å². The van der Waals surface area contributed by atoms with Gasteiger partial charge in [-0.25, -0.2) is 0 Å². The number of hydrogen-bond acceptors (Lipinski definition) is 4. The lowest BCUT2D eigenvalue weighted by Gasteiger charge is -2.03. The third kappa shape index (κ3) is 3.95. The Bertz CT molecular complexity index is 262. The monoisotopic (exact) mass is 183 g/mol. The standard InChI is InChI=1S/C8H9NO4/c10-9(11)13-7-6-12-8-4-2-1-3-5-8/h1-5H,6-7H2. The quantitative estimate of drug-likeness (QED) is 0.392. The van der Waals surface area contributed by atoms with Gasteiger partial charge in [0, 0.05) is 0 Å². The first-order chi connectivity index (χ1) is 6.29. The normalized spacial score (nSPS) is 9.23. The van der Waals surface area contributed by atoms with E-state index in [1.165, 1.54) is 0 Å². The predicted octanol–water partition coefficient (Wildman–Crippen LogP) is 1.27. The van der Waals surface area contributed by atoms with Gasteiger partial charge in [0.2, 0.25) is 0 Å². The van der Waals surface area contributed by atoms with Crippen LogP contribution in [-0.4, -0.2) is 18.3 Å². The lowest BCUT2D eigenvalue weighted by Crippen LogP contribution is -2.10. The Hall–Kier alpha value is -1.78. The van der Waals surface area contributed by atoms with E-state index in [-0.39, 0.29) is 13.2 Å². The molecule has 0 radical (unpaired) electrons. The maximum absolute atomic E-state index is 9.74. The van der Waals surface area contributed by atoms with Crippen molar-refractivity contribution in [3.63, 3.8) is 0 Å². The van der Waals surface area contributed by atoms with Gasteiger partial charge in [0.25, 0.3) is 5.09 Å². The van der Waals surface area contributed by atoms with E-state index >= 15 is 0 Å². The zero-order valence-corrected chi connectivity index (χ0v) is 6.88. The summed E-state index contributed by atoms with van der Waals surface area (Å²) in [7, 11) is 0. The van der Waals surface area contributed by atoms with E-state index in [1.807, 2.05) is 18.2 Å². The van der Waals surface area contributed by atoms with E-state index in [2.05, 4.69) is 4.84 Å². The van der Waals surface area contributed by atoms with Crippen LogP contribution in [0.1, 0.15) is 0 Å². The summed E-state index contributed by atoms with van der Waals surface area (Å²) in [4.78, 5) is 13.8. The highest BCUT2D eigenvalue weighted by molar-refractivity contribution is 5.20. The van der Waals surface area contributed by atoms with Gasteiger partial charge in [0.1, 0.15) is 19.0 Å². The van der Waals surface area contributed by atoms with Crippen molar-refractivity contribution in [3.8, 4) is 5.75 Å². The molecule has 1 aromatic carbocycles. The fourth-order valence-corrected chi connectivity index (χ4v) is 0.788. The Kier molecular flexibility index (Phi) is 3.56. The Balaban J connectivity index is 2.17. The average Bonchev–Trinajstić information content (AvgIpc) is 2.14. The summed E-state index contributed by atoms with van der Waals surface area (Å²) in [5.41, 5.74) is 0. The van der Waals surface area contributed by atoms with Crippen LogP contribution in [0.3, 0.4) is 0 Å². The van der Waals surface area contributed by atoms with Crippen LogP contribution < -0.4 is 4.74 Å². The van der Waals surface area contributed by atoms with Crippen LogP contribution in [0.4, 0.5) is 0 Å². The maximum atomic E-state index is 9.74. The van der Waals surface area contributed by atoms with Gasteiger partial charge in [-0.2, -0.15) is 0 Å². The first-order valence-corrected chi connectivity index (χ1v) is 3.74. The molecule has 0 spiro atoms. The minimum Gasteiger partial charge on any atom is -0.492 e. The first-order valence-electron chi connectivity index (χ1n) is 3.74. The van der Waals surface area contributed by atoms with Crippen LogP contribution in [-0.2, 0) is 4.84 Å². The van der Waals surface area contributed by atoms with Crippen molar-refractivity contribution in [2.45, 2.75) is 0 Å². The Morgan fingerprint density at radius 3 is 2.54 bits per heavy atom. The fourth-order valence-electron chi connectivity index (χ4n) is 0.788. The maximum Gasteiger partial charge on any atom is 0.294 e.